The van der Waals surface area contributed by atoms with E-state index < -0.39 is 0 Å². The summed E-state index contributed by atoms with van der Waals surface area (Å²) in [6, 6.07) is 17.8. The van der Waals surface area contributed by atoms with Gasteiger partial charge in [-0.2, -0.15) is 0 Å². The molecule has 5 heteroatoms. The highest BCUT2D eigenvalue weighted by atomic mass is 35.5. The van der Waals surface area contributed by atoms with Crippen LogP contribution in [0.3, 0.4) is 0 Å². The standard InChI is InChI=1S/C19H22ClN3O/c20-16-5-4-8-18(15-16)22-11-13-23(14-12-22)19(24)9-10-21-17-6-2-1-3-7-17/h1-8,15,21H,9-14H2. The number of carbonyl (C=O) groups is 1. The molecule has 0 saturated carbocycles. The highest BCUT2D eigenvalue weighted by Gasteiger charge is 2.20. The van der Waals surface area contributed by atoms with E-state index in [0.29, 0.717) is 13.0 Å². The maximum Gasteiger partial charge on any atom is 0.224 e. The maximum atomic E-state index is 12.3. The molecule has 4 nitrogen and oxygen atoms in total. The molecule has 3 rings (SSSR count). The first-order chi connectivity index (χ1) is 11.7. The number of carbonyl (C=O) groups excluding carboxylic acids is 1. The fraction of sp³-hybridized carbons (Fsp3) is 0.316. The Morgan fingerprint density at radius 3 is 2.46 bits per heavy atom. The van der Waals surface area contributed by atoms with Crippen molar-refractivity contribution in [2.45, 2.75) is 6.42 Å². The van der Waals surface area contributed by atoms with Gasteiger partial charge in [-0.15, -0.1) is 0 Å². The second-order valence-electron chi connectivity index (χ2n) is 5.89. The number of hydrogen-bond acceptors (Lipinski definition) is 3. The molecule has 0 aromatic heterocycles. The monoisotopic (exact) mass is 343 g/mol. The van der Waals surface area contributed by atoms with Gasteiger partial charge in [0.15, 0.2) is 0 Å². The maximum absolute atomic E-state index is 12.3. The molecule has 126 valence electrons. The van der Waals surface area contributed by atoms with Crippen LogP contribution in [0.4, 0.5) is 11.4 Å². The summed E-state index contributed by atoms with van der Waals surface area (Å²) < 4.78 is 0. The van der Waals surface area contributed by atoms with E-state index in [1.165, 1.54) is 0 Å². The fourth-order valence-corrected chi connectivity index (χ4v) is 3.10. The Bertz CT molecular complexity index is 669. The first kappa shape index (κ1) is 16.7. The third-order valence-corrected chi connectivity index (χ3v) is 4.48. The number of halogens is 1. The molecule has 0 radical (unpaired) electrons. The van der Waals surface area contributed by atoms with E-state index in [4.69, 9.17) is 11.6 Å². The Kier molecular flexibility index (Phi) is 5.59. The minimum atomic E-state index is 0.212. The van der Waals surface area contributed by atoms with E-state index in [2.05, 4.69) is 16.3 Å². The van der Waals surface area contributed by atoms with Crippen LogP contribution >= 0.6 is 11.6 Å². The summed E-state index contributed by atoms with van der Waals surface area (Å²) >= 11 is 6.05. The zero-order valence-electron chi connectivity index (χ0n) is 13.6. The summed E-state index contributed by atoms with van der Waals surface area (Å²) in [6.07, 6.45) is 0.520. The number of hydrogen-bond donors (Lipinski definition) is 1. The Morgan fingerprint density at radius 2 is 1.75 bits per heavy atom. The quantitative estimate of drug-likeness (QED) is 0.902. The topological polar surface area (TPSA) is 35.6 Å². The van der Waals surface area contributed by atoms with Gasteiger partial charge in [0.05, 0.1) is 0 Å². The van der Waals surface area contributed by atoms with Crippen molar-refractivity contribution in [1.29, 1.82) is 0 Å². The van der Waals surface area contributed by atoms with Crippen molar-refractivity contribution in [2.24, 2.45) is 0 Å². The Labute approximate surface area is 148 Å². The van der Waals surface area contributed by atoms with Gasteiger partial charge in [-0.3, -0.25) is 4.79 Å². The second-order valence-corrected chi connectivity index (χ2v) is 6.33. The lowest BCUT2D eigenvalue weighted by Gasteiger charge is -2.36. The van der Waals surface area contributed by atoms with Crippen molar-refractivity contribution < 1.29 is 4.79 Å². The van der Waals surface area contributed by atoms with E-state index >= 15 is 0 Å². The fourth-order valence-electron chi connectivity index (χ4n) is 2.91. The van der Waals surface area contributed by atoms with Crippen molar-refractivity contribution >= 4 is 28.9 Å². The van der Waals surface area contributed by atoms with E-state index in [-0.39, 0.29) is 5.91 Å². The molecule has 2 aromatic rings. The van der Waals surface area contributed by atoms with Crippen LogP contribution in [-0.2, 0) is 4.79 Å². The number of nitrogens with zero attached hydrogens (tertiary/aromatic N) is 2. The van der Waals surface area contributed by atoms with Gasteiger partial charge in [0.2, 0.25) is 5.91 Å². The smallest absolute Gasteiger partial charge is 0.224 e. The normalized spacial score (nSPS) is 14.5. The van der Waals surface area contributed by atoms with Crippen LogP contribution in [0, 0.1) is 0 Å². The summed E-state index contributed by atoms with van der Waals surface area (Å²) in [5, 5.41) is 4.03. The molecule has 24 heavy (non-hydrogen) atoms. The van der Waals surface area contributed by atoms with Gasteiger partial charge in [-0.1, -0.05) is 35.9 Å². The van der Waals surface area contributed by atoms with Crippen molar-refractivity contribution in [3.63, 3.8) is 0 Å². The van der Waals surface area contributed by atoms with E-state index in [9.17, 15) is 4.79 Å². The summed E-state index contributed by atoms with van der Waals surface area (Å²) in [6.45, 7) is 3.88. The molecule has 1 heterocycles. The van der Waals surface area contributed by atoms with Crippen molar-refractivity contribution in [1.82, 2.24) is 4.90 Å². The largest absolute Gasteiger partial charge is 0.385 e. The van der Waals surface area contributed by atoms with Crippen molar-refractivity contribution in [3.8, 4) is 0 Å². The lowest BCUT2D eigenvalue weighted by Crippen LogP contribution is -2.49. The van der Waals surface area contributed by atoms with Gasteiger partial charge >= 0.3 is 0 Å². The Morgan fingerprint density at radius 1 is 1.00 bits per heavy atom. The van der Waals surface area contributed by atoms with Crippen LogP contribution < -0.4 is 10.2 Å². The van der Waals surface area contributed by atoms with Gasteiger partial charge in [-0.25, -0.2) is 0 Å². The molecule has 0 spiro atoms. The lowest BCUT2D eigenvalue weighted by atomic mass is 10.2. The third kappa shape index (κ3) is 4.42. The molecular weight excluding hydrogens is 322 g/mol. The molecular formula is C19H22ClN3O. The summed E-state index contributed by atoms with van der Waals surface area (Å²) in [7, 11) is 0. The zero-order valence-corrected chi connectivity index (χ0v) is 14.4. The molecule has 0 unspecified atom stereocenters. The minimum absolute atomic E-state index is 0.212. The van der Waals surface area contributed by atoms with E-state index in [1.807, 2.05) is 53.4 Å². The molecule has 1 saturated heterocycles. The SMILES string of the molecule is O=C(CCNc1ccccc1)N1CCN(c2cccc(Cl)c2)CC1. The van der Waals surface area contributed by atoms with Gasteiger partial charge in [-0.05, 0) is 30.3 Å². The van der Waals surface area contributed by atoms with Crippen molar-refractivity contribution in [3.05, 3.63) is 59.6 Å². The average Bonchev–Trinajstić information content (AvgIpc) is 2.63. The van der Waals surface area contributed by atoms with E-state index in [1.54, 1.807) is 0 Å². The predicted octanol–water partition coefficient (Wildman–Crippen LogP) is 3.49. The first-order valence-electron chi connectivity index (χ1n) is 8.29. The minimum Gasteiger partial charge on any atom is -0.385 e. The molecule has 1 N–H and O–H groups in total. The molecule has 2 aromatic carbocycles. The van der Waals surface area contributed by atoms with Crippen LogP contribution in [0.15, 0.2) is 54.6 Å². The molecule has 1 fully saturated rings. The number of piperazine rings is 1. The average molecular weight is 344 g/mol. The number of anilines is 2. The molecule has 1 amide bonds. The Hall–Kier alpha value is -2.20. The van der Waals surface area contributed by atoms with Crippen LogP contribution in [0.2, 0.25) is 5.02 Å². The van der Waals surface area contributed by atoms with Crippen LogP contribution in [0.25, 0.3) is 0 Å². The molecule has 1 aliphatic heterocycles. The Balaban J connectivity index is 1.43. The number of amides is 1. The van der Waals surface area contributed by atoms with Gasteiger partial charge in [0, 0.05) is 55.5 Å². The van der Waals surface area contributed by atoms with E-state index in [0.717, 1.165) is 42.6 Å². The highest BCUT2D eigenvalue weighted by Crippen LogP contribution is 2.20. The van der Waals surface area contributed by atoms with Crippen LogP contribution in [0.5, 0.6) is 0 Å². The number of nitrogens with one attached hydrogen (secondary N) is 1. The molecule has 1 aliphatic rings. The second kappa shape index (κ2) is 8.06. The number of rotatable bonds is 5. The predicted molar refractivity (Wildman–Crippen MR) is 99.8 cm³/mol. The molecule has 0 atom stereocenters. The van der Waals surface area contributed by atoms with Crippen LogP contribution in [0.1, 0.15) is 6.42 Å². The lowest BCUT2D eigenvalue weighted by molar-refractivity contribution is -0.131. The zero-order chi connectivity index (χ0) is 16.8. The number of para-hydroxylation sites is 1. The summed E-state index contributed by atoms with van der Waals surface area (Å²) in [5.74, 6) is 0.212. The van der Waals surface area contributed by atoms with Crippen molar-refractivity contribution in [2.75, 3.05) is 42.9 Å². The van der Waals surface area contributed by atoms with Gasteiger partial charge in [0.25, 0.3) is 0 Å². The molecule has 0 bridgehead atoms. The highest BCUT2D eigenvalue weighted by molar-refractivity contribution is 6.30. The number of benzene rings is 2. The van der Waals surface area contributed by atoms with Crippen LogP contribution in [-0.4, -0.2) is 43.5 Å². The summed E-state index contributed by atoms with van der Waals surface area (Å²) in [4.78, 5) is 16.6. The third-order valence-electron chi connectivity index (χ3n) is 4.25. The first-order valence-corrected chi connectivity index (χ1v) is 8.67. The van der Waals surface area contributed by atoms with Gasteiger partial charge < -0.3 is 15.1 Å². The summed E-state index contributed by atoms with van der Waals surface area (Å²) in [5.41, 5.74) is 2.18. The van der Waals surface area contributed by atoms with Gasteiger partial charge in [0.1, 0.15) is 0 Å². The molecule has 0 aliphatic carbocycles.